The molecule has 1 N–H and O–H groups in total. The monoisotopic (exact) mass is 220 g/mol. The maximum atomic E-state index is 7.82. The van der Waals surface area contributed by atoms with E-state index in [2.05, 4.69) is 0 Å². The van der Waals surface area contributed by atoms with Gasteiger partial charge in [0.25, 0.3) is 0 Å². The van der Waals surface area contributed by atoms with Crippen molar-refractivity contribution in [1.82, 2.24) is 0 Å². The third-order valence-corrected chi connectivity index (χ3v) is 0.183. The standard InChI is InChI=1S/C3H7O.3ClH.Fe/c1-2-3-4;;;;/h2,4H,3H2,1H3;3*1H;/q-1;;;;+3/p-3. The first-order chi connectivity index (χ1) is 3.65. The van der Waals surface area contributed by atoms with Crippen molar-refractivity contribution in [3.8, 4) is 0 Å². The summed E-state index contributed by atoms with van der Waals surface area (Å²) >= 11 is -1.33. The van der Waals surface area contributed by atoms with Crippen LogP contribution in [-0.2, 0) is 11.2 Å². The zero-order chi connectivity index (χ0) is 6.99. The van der Waals surface area contributed by atoms with Gasteiger partial charge in [0.05, 0.1) is 0 Å². The molecule has 0 unspecified atom stereocenters. The number of rotatable bonds is 1. The van der Waals surface area contributed by atoms with Gasteiger partial charge in [-0.15, -0.1) is 0 Å². The zero-order valence-corrected chi connectivity index (χ0v) is 7.59. The molecule has 0 saturated heterocycles. The van der Waals surface area contributed by atoms with Crippen LogP contribution in [0.1, 0.15) is 6.92 Å². The molecule has 0 aromatic carbocycles. The summed E-state index contributed by atoms with van der Waals surface area (Å²) < 4.78 is 0. The van der Waals surface area contributed by atoms with Crippen molar-refractivity contribution in [2.75, 3.05) is 6.61 Å². The molecule has 55 valence electrons. The van der Waals surface area contributed by atoms with Crippen molar-refractivity contribution in [2.24, 2.45) is 0 Å². The van der Waals surface area contributed by atoms with Crippen molar-refractivity contribution in [3.63, 3.8) is 0 Å². The Morgan fingerprint density at radius 1 is 1.50 bits per heavy atom. The van der Waals surface area contributed by atoms with Crippen LogP contribution in [0, 0.1) is 6.42 Å². The Balaban J connectivity index is 0. The van der Waals surface area contributed by atoms with Crippen LogP contribution in [0.2, 0.25) is 0 Å². The second-order valence-electron chi connectivity index (χ2n) is 0.742. The predicted molar refractivity (Wildman–Crippen MR) is 34.6 cm³/mol. The molecule has 0 bridgehead atoms. The minimum absolute atomic E-state index is 0.194. The van der Waals surface area contributed by atoms with Crippen LogP contribution in [0.25, 0.3) is 0 Å². The molecule has 0 aromatic rings. The van der Waals surface area contributed by atoms with E-state index in [4.69, 9.17) is 35.4 Å². The van der Waals surface area contributed by atoms with E-state index < -0.39 is 11.2 Å². The van der Waals surface area contributed by atoms with Crippen molar-refractivity contribution in [2.45, 2.75) is 6.92 Å². The Hall–Kier alpha value is 1.35. The maximum absolute atomic E-state index is 7.82. The topological polar surface area (TPSA) is 20.2 Å². The third-order valence-electron chi connectivity index (χ3n) is 0.183. The van der Waals surface area contributed by atoms with E-state index in [0.717, 1.165) is 0 Å². The van der Waals surface area contributed by atoms with E-state index in [9.17, 15) is 0 Å². The average Bonchev–Trinajstić information content (AvgIpc) is 1.65. The summed E-state index contributed by atoms with van der Waals surface area (Å²) in [5, 5.41) is 7.82. The van der Waals surface area contributed by atoms with Crippen LogP contribution >= 0.6 is 30.3 Å². The van der Waals surface area contributed by atoms with Crippen molar-refractivity contribution in [3.05, 3.63) is 6.42 Å². The number of hydrogen-bond donors (Lipinski definition) is 1. The Morgan fingerprint density at radius 2 is 1.62 bits per heavy atom. The van der Waals surface area contributed by atoms with Crippen molar-refractivity contribution < 1.29 is 16.3 Å². The van der Waals surface area contributed by atoms with Crippen molar-refractivity contribution >= 4 is 30.3 Å². The summed E-state index contributed by atoms with van der Waals surface area (Å²) in [7, 11) is 14.7. The second kappa shape index (κ2) is 11.2. The summed E-state index contributed by atoms with van der Waals surface area (Å²) in [6, 6.07) is 0. The molecule has 0 rings (SSSR count). The molecule has 0 saturated carbocycles. The van der Waals surface area contributed by atoms with Gasteiger partial charge >= 0.3 is 41.5 Å². The molecule has 0 aliphatic carbocycles. The van der Waals surface area contributed by atoms with Gasteiger partial charge < -0.3 is 11.5 Å². The summed E-state index contributed by atoms with van der Waals surface area (Å²) in [5.74, 6) is 0. The normalized spacial score (nSPS) is 9.38. The summed E-state index contributed by atoms with van der Waals surface area (Å²) in [6.07, 6.45) is 1.68. The zero-order valence-electron chi connectivity index (χ0n) is 4.22. The number of hydrogen-bond acceptors (Lipinski definition) is 1. The van der Waals surface area contributed by atoms with Crippen LogP contribution in [0.15, 0.2) is 0 Å². The Morgan fingerprint density at radius 3 is 1.62 bits per heavy atom. The van der Waals surface area contributed by atoms with Gasteiger partial charge in [-0.05, 0) is 0 Å². The summed E-state index contributed by atoms with van der Waals surface area (Å²) in [4.78, 5) is 0. The van der Waals surface area contributed by atoms with E-state index in [-0.39, 0.29) is 6.61 Å². The van der Waals surface area contributed by atoms with Crippen molar-refractivity contribution in [1.29, 1.82) is 0 Å². The van der Waals surface area contributed by atoms with Gasteiger partial charge in [-0.2, -0.15) is 6.92 Å². The molecule has 0 amide bonds. The Bertz CT molecular complexity index is 31.0. The Kier molecular flexibility index (Phi) is 16.9. The summed E-state index contributed by atoms with van der Waals surface area (Å²) in [5.41, 5.74) is 0. The van der Waals surface area contributed by atoms with Crippen LogP contribution in [0.4, 0.5) is 0 Å². The van der Waals surface area contributed by atoms with Gasteiger partial charge in [-0.25, -0.2) is 0 Å². The fourth-order valence-electron chi connectivity index (χ4n) is 0. The van der Waals surface area contributed by atoms with E-state index in [1.54, 1.807) is 13.3 Å². The fraction of sp³-hybridized carbons (Fsp3) is 0.667. The molecule has 0 aliphatic heterocycles. The molecular weight excluding hydrogens is 214 g/mol. The van der Waals surface area contributed by atoms with Gasteiger partial charge in [0.15, 0.2) is 0 Å². The van der Waals surface area contributed by atoms with Gasteiger partial charge in [0.1, 0.15) is 0 Å². The van der Waals surface area contributed by atoms with Crippen LogP contribution < -0.4 is 0 Å². The third kappa shape index (κ3) is 53.7. The SMILES string of the molecule is C[CH-]CO.[Cl][Fe]([Cl])[Cl]. The van der Waals surface area contributed by atoms with E-state index in [1.165, 1.54) is 0 Å². The molecule has 8 heavy (non-hydrogen) atoms. The van der Waals surface area contributed by atoms with Gasteiger partial charge in [-0.3, -0.25) is 0 Å². The molecule has 1 nitrogen and oxygen atoms in total. The number of aliphatic hydroxyl groups is 1. The number of halogens is 3. The molecule has 0 radical (unpaired) electrons. The molecule has 0 aromatic heterocycles. The first-order valence-corrected chi connectivity index (χ1v) is 6.26. The average molecular weight is 221 g/mol. The van der Waals surface area contributed by atoms with E-state index >= 15 is 0 Å². The molecule has 0 heterocycles. The number of aliphatic hydroxyl groups excluding tert-OH is 1. The minimum atomic E-state index is -1.33. The van der Waals surface area contributed by atoms with Crippen LogP contribution in [0.3, 0.4) is 0 Å². The predicted octanol–water partition coefficient (Wildman–Crippen LogP) is 2.27. The molecule has 0 atom stereocenters. The fourth-order valence-corrected chi connectivity index (χ4v) is 0. The van der Waals surface area contributed by atoms with Crippen LogP contribution in [0.5, 0.6) is 0 Å². The Labute approximate surface area is 66.5 Å². The van der Waals surface area contributed by atoms with Gasteiger partial charge in [-0.1, -0.05) is 6.61 Å². The first kappa shape index (κ1) is 12.1. The van der Waals surface area contributed by atoms with E-state index in [1.807, 2.05) is 0 Å². The molecule has 5 heteroatoms. The van der Waals surface area contributed by atoms with E-state index in [0.29, 0.717) is 0 Å². The van der Waals surface area contributed by atoms with Crippen LogP contribution in [-0.4, -0.2) is 11.7 Å². The molecule has 0 fully saturated rings. The van der Waals surface area contributed by atoms with Gasteiger partial charge in [0.2, 0.25) is 0 Å². The molecular formula is C3H7Cl3FeO-. The summed E-state index contributed by atoms with van der Waals surface area (Å²) in [6.45, 7) is 2.00. The first-order valence-electron chi connectivity index (χ1n) is 1.70. The molecule has 0 spiro atoms. The second-order valence-corrected chi connectivity index (χ2v) is 6.21. The quantitative estimate of drug-likeness (QED) is 0.532. The van der Waals surface area contributed by atoms with Gasteiger partial charge in [0, 0.05) is 0 Å². The molecule has 0 aliphatic rings.